The van der Waals surface area contributed by atoms with Gasteiger partial charge in [-0.25, -0.2) is 0 Å². The normalized spacial score (nSPS) is 15.3. The van der Waals surface area contributed by atoms with E-state index >= 15 is 0 Å². The summed E-state index contributed by atoms with van der Waals surface area (Å²) in [6.45, 7) is 12.1. The van der Waals surface area contributed by atoms with E-state index < -0.39 is 16.6 Å². The Bertz CT molecular complexity index is 1470. The summed E-state index contributed by atoms with van der Waals surface area (Å²) in [5.41, 5.74) is 0.924. The summed E-state index contributed by atoms with van der Waals surface area (Å²) in [5.74, 6) is -0.120. The first-order valence-corrected chi connectivity index (χ1v) is 12.6. The number of methoxy groups -OCH3 is 1. The molecule has 9 heteroatoms. The molecule has 1 aliphatic heterocycles. The number of hydrogen-bond donors (Lipinski definition) is 1. The van der Waals surface area contributed by atoms with Crippen molar-refractivity contribution in [2.24, 2.45) is 0 Å². The monoisotopic (exact) mass is 538 g/mol. The summed E-state index contributed by atoms with van der Waals surface area (Å²) in [6.07, 6.45) is 1.51. The van der Waals surface area contributed by atoms with Crippen molar-refractivity contribution in [3.8, 4) is 28.6 Å². The third kappa shape index (κ3) is 5.88. The van der Waals surface area contributed by atoms with Gasteiger partial charge in [-0.2, -0.15) is 0 Å². The second-order valence-corrected chi connectivity index (χ2v) is 11.0. The predicted octanol–water partition coefficient (Wildman–Crippen LogP) is 5.75. The summed E-state index contributed by atoms with van der Waals surface area (Å²) in [7, 11) is 1.59. The van der Waals surface area contributed by atoms with Crippen molar-refractivity contribution in [1.82, 2.24) is 0 Å². The van der Waals surface area contributed by atoms with Crippen LogP contribution in [0.15, 0.2) is 51.6 Å². The minimum Gasteiger partial charge on any atom is -0.508 e. The zero-order valence-electron chi connectivity index (χ0n) is 23.2. The number of rotatable bonds is 9. The van der Waals surface area contributed by atoms with Crippen LogP contribution in [-0.4, -0.2) is 37.7 Å². The minimum absolute atomic E-state index is 0.000653. The molecule has 1 atom stereocenters. The van der Waals surface area contributed by atoms with Crippen LogP contribution in [0.1, 0.15) is 58.6 Å². The van der Waals surface area contributed by atoms with E-state index in [-0.39, 0.29) is 47.2 Å². The smallest absolute Gasteiger partial charge is 0.298 e. The van der Waals surface area contributed by atoms with Crippen molar-refractivity contribution in [1.29, 1.82) is 0 Å². The number of phenolic OH excluding ortho intramolecular Hbond substituents is 1. The molecule has 1 aliphatic rings. The number of aromatic hydroxyl groups is 1. The van der Waals surface area contributed by atoms with Crippen LogP contribution in [0.3, 0.4) is 0 Å². The molecule has 0 saturated carbocycles. The second kappa shape index (κ2) is 10.6. The van der Waals surface area contributed by atoms with Gasteiger partial charge in [-0.05, 0) is 28.7 Å². The van der Waals surface area contributed by atoms with Gasteiger partial charge in [0.1, 0.15) is 30.0 Å². The average molecular weight is 539 g/mol. The van der Waals surface area contributed by atoms with E-state index in [1.807, 2.05) is 27.7 Å². The van der Waals surface area contributed by atoms with E-state index in [1.54, 1.807) is 45.2 Å². The van der Waals surface area contributed by atoms with Crippen molar-refractivity contribution in [3.05, 3.63) is 63.7 Å². The van der Waals surface area contributed by atoms with Crippen LogP contribution in [0.2, 0.25) is 0 Å². The number of carbonyl (C=O) groups is 1. The lowest BCUT2D eigenvalue weighted by Gasteiger charge is -2.23. The third-order valence-corrected chi connectivity index (χ3v) is 6.37. The maximum absolute atomic E-state index is 13.8. The molecule has 4 rings (SSSR count). The van der Waals surface area contributed by atoms with Gasteiger partial charge < -0.3 is 33.2 Å². The standard InChI is InChI=1S/C30H34O9/c1-17(13-34-7)21-9-8-18(10-23(21)32)27-28(36-16-31)26(33)25-22(29(2,3)4)11-19(12-24(25)38-27)35-14-20-15-37-30(5,6)39-20/h8-12,15-17,32H,13-14H2,1-7H3/t17-/m0/s1. The Morgan fingerprint density at radius 2 is 1.90 bits per heavy atom. The van der Waals surface area contributed by atoms with Crippen LogP contribution in [0, 0.1) is 0 Å². The molecule has 0 amide bonds. The highest BCUT2D eigenvalue weighted by Crippen LogP contribution is 2.39. The number of ether oxygens (including phenoxy) is 5. The van der Waals surface area contributed by atoms with Crippen LogP contribution in [0.4, 0.5) is 0 Å². The molecule has 0 saturated heterocycles. The fourth-order valence-corrected chi connectivity index (χ4v) is 4.53. The van der Waals surface area contributed by atoms with Crippen LogP contribution in [0.25, 0.3) is 22.3 Å². The first kappa shape index (κ1) is 28.0. The topological polar surface area (TPSA) is 114 Å². The first-order valence-electron chi connectivity index (χ1n) is 12.6. The van der Waals surface area contributed by atoms with Crippen LogP contribution < -0.4 is 14.9 Å². The maximum atomic E-state index is 13.8. The van der Waals surface area contributed by atoms with Crippen molar-refractivity contribution in [3.63, 3.8) is 0 Å². The fourth-order valence-electron chi connectivity index (χ4n) is 4.53. The number of benzene rings is 2. The molecule has 1 aromatic heterocycles. The van der Waals surface area contributed by atoms with E-state index in [2.05, 4.69) is 0 Å². The predicted molar refractivity (Wildman–Crippen MR) is 145 cm³/mol. The highest BCUT2D eigenvalue weighted by atomic mass is 16.7. The highest BCUT2D eigenvalue weighted by molar-refractivity contribution is 5.87. The van der Waals surface area contributed by atoms with Gasteiger partial charge in [0.05, 0.1) is 12.0 Å². The fraction of sp³-hybridized carbons (Fsp3) is 0.400. The summed E-state index contributed by atoms with van der Waals surface area (Å²) in [5, 5.41) is 11.0. The zero-order chi connectivity index (χ0) is 28.5. The Morgan fingerprint density at radius 1 is 1.15 bits per heavy atom. The van der Waals surface area contributed by atoms with E-state index in [1.165, 1.54) is 12.3 Å². The van der Waals surface area contributed by atoms with Crippen molar-refractivity contribution in [2.75, 3.05) is 20.3 Å². The Morgan fingerprint density at radius 3 is 2.49 bits per heavy atom. The Hall–Kier alpha value is -3.98. The molecule has 3 aromatic rings. The number of fused-ring (bicyclic) bond motifs is 1. The van der Waals surface area contributed by atoms with E-state index in [4.69, 9.17) is 28.1 Å². The summed E-state index contributed by atoms with van der Waals surface area (Å²) < 4.78 is 33.7. The van der Waals surface area contributed by atoms with Crippen molar-refractivity contribution in [2.45, 2.75) is 58.7 Å². The lowest BCUT2D eigenvalue weighted by atomic mass is 9.84. The zero-order valence-corrected chi connectivity index (χ0v) is 23.2. The SMILES string of the molecule is COC[C@H](C)c1ccc(-c2oc3cc(OCC4=COC(C)(C)O4)cc(C(C)(C)C)c3c(=O)c2OC=O)cc1O. The largest absolute Gasteiger partial charge is 0.508 e. The minimum atomic E-state index is -0.766. The molecule has 0 bridgehead atoms. The molecule has 0 aliphatic carbocycles. The Kier molecular flexibility index (Phi) is 7.66. The molecule has 39 heavy (non-hydrogen) atoms. The number of hydrogen-bond acceptors (Lipinski definition) is 9. The van der Waals surface area contributed by atoms with Gasteiger partial charge in [0.25, 0.3) is 6.47 Å². The molecule has 2 aromatic carbocycles. The van der Waals surface area contributed by atoms with E-state index in [0.29, 0.717) is 34.8 Å². The highest BCUT2D eigenvalue weighted by Gasteiger charge is 2.29. The van der Waals surface area contributed by atoms with Crippen molar-refractivity contribution < 1.29 is 38.0 Å². The number of carbonyl (C=O) groups excluding carboxylic acids is 1. The van der Waals surface area contributed by atoms with Gasteiger partial charge in [0, 0.05) is 38.5 Å². The van der Waals surface area contributed by atoms with Gasteiger partial charge in [0.2, 0.25) is 17.0 Å². The molecule has 208 valence electrons. The van der Waals surface area contributed by atoms with Gasteiger partial charge in [-0.3, -0.25) is 9.59 Å². The summed E-state index contributed by atoms with van der Waals surface area (Å²) in [4.78, 5) is 25.2. The molecular formula is C30H34O9. The van der Waals surface area contributed by atoms with Crippen LogP contribution >= 0.6 is 0 Å². The maximum Gasteiger partial charge on any atom is 0.298 e. The number of phenols is 1. The molecule has 9 nitrogen and oxygen atoms in total. The molecule has 0 spiro atoms. The van der Waals surface area contributed by atoms with E-state index in [9.17, 15) is 14.7 Å². The molecular weight excluding hydrogens is 504 g/mol. The molecule has 0 unspecified atom stereocenters. The van der Waals surface area contributed by atoms with Crippen molar-refractivity contribution >= 4 is 17.4 Å². The molecule has 0 fully saturated rings. The Labute approximate surface area is 226 Å². The summed E-state index contributed by atoms with van der Waals surface area (Å²) >= 11 is 0. The lowest BCUT2D eigenvalue weighted by Crippen LogP contribution is -2.21. The van der Waals surface area contributed by atoms with Crippen LogP contribution in [0.5, 0.6) is 17.2 Å². The van der Waals surface area contributed by atoms with Gasteiger partial charge in [0.15, 0.2) is 11.5 Å². The molecule has 0 radical (unpaired) electrons. The quantitative estimate of drug-likeness (QED) is 0.340. The summed E-state index contributed by atoms with van der Waals surface area (Å²) in [6, 6.07) is 8.27. The first-order chi connectivity index (χ1) is 18.3. The van der Waals surface area contributed by atoms with Crippen LogP contribution in [-0.2, 0) is 24.4 Å². The second-order valence-electron chi connectivity index (χ2n) is 11.0. The molecule has 1 N–H and O–H groups in total. The lowest BCUT2D eigenvalue weighted by molar-refractivity contribution is -0.121. The van der Waals surface area contributed by atoms with Gasteiger partial charge >= 0.3 is 0 Å². The van der Waals surface area contributed by atoms with Gasteiger partial charge in [-0.15, -0.1) is 0 Å². The Balaban J connectivity index is 1.85. The van der Waals surface area contributed by atoms with E-state index in [0.717, 1.165) is 0 Å². The van der Waals surface area contributed by atoms with Gasteiger partial charge in [-0.1, -0.05) is 39.8 Å². The molecule has 2 heterocycles. The third-order valence-electron chi connectivity index (χ3n) is 6.37. The average Bonchev–Trinajstić information content (AvgIpc) is 3.21.